The highest BCUT2D eigenvalue weighted by atomic mass is 35.5. The Bertz CT molecular complexity index is 3270. The van der Waals surface area contributed by atoms with Gasteiger partial charge in [-0.1, -0.05) is 217 Å². The van der Waals surface area contributed by atoms with Crippen LogP contribution in [0.3, 0.4) is 0 Å². The van der Waals surface area contributed by atoms with Gasteiger partial charge >= 0.3 is 11.9 Å². The Morgan fingerprint density at radius 3 is 1.55 bits per heavy atom. The second-order valence-electron chi connectivity index (χ2n) is 18.9. The van der Waals surface area contributed by atoms with Crippen molar-refractivity contribution in [2.24, 2.45) is 5.16 Å². The quantitative estimate of drug-likeness (QED) is 0.0151. The third-order valence-electron chi connectivity index (χ3n) is 13.4. The summed E-state index contributed by atoms with van der Waals surface area (Å²) in [5, 5.41) is 11.6. The number of esters is 2. The Balaban J connectivity index is 0.980. The van der Waals surface area contributed by atoms with Gasteiger partial charge in [0.25, 0.3) is 11.8 Å². The minimum Gasteiger partial charge on any atom is -0.614 e. The van der Waals surface area contributed by atoms with Crippen molar-refractivity contribution in [3.05, 3.63) is 274 Å². The number of β-lactam (4-membered cyclic amide) rings is 1. The van der Waals surface area contributed by atoms with Crippen molar-refractivity contribution >= 4 is 68.7 Å². The van der Waals surface area contributed by atoms with Crippen molar-refractivity contribution in [2.75, 3.05) is 16.9 Å². The van der Waals surface area contributed by atoms with Crippen LogP contribution in [0.25, 0.3) is 0 Å². The van der Waals surface area contributed by atoms with Crippen LogP contribution in [-0.2, 0) is 50.2 Å². The van der Waals surface area contributed by atoms with Gasteiger partial charge in [-0.05, 0) is 64.0 Å². The van der Waals surface area contributed by atoms with Crippen molar-refractivity contribution in [3.8, 4) is 0 Å². The number of rotatable bonds is 19. The van der Waals surface area contributed by atoms with E-state index in [1.807, 2.05) is 212 Å². The van der Waals surface area contributed by atoms with Gasteiger partial charge in [0.05, 0.1) is 5.88 Å². The lowest BCUT2D eigenvalue weighted by Crippen LogP contribution is -2.75. The summed E-state index contributed by atoms with van der Waals surface area (Å²) in [7, 11) is 0. The van der Waals surface area contributed by atoms with Crippen LogP contribution >= 0.6 is 22.9 Å². The van der Waals surface area contributed by atoms with E-state index >= 15 is 0 Å². The first-order valence-corrected chi connectivity index (χ1v) is 27.8. The Morgan fingerprint density at radius 1 is 0.692 bits per heavy atom. The van der Waals surface area contributed by atoms with Gasteiger partial charge in [0.1, 0.15) is 22.7 Å². The molecular weight excluding hydrogens is 1040 g/mol. The van der Waals surface area contributed by atoms with E-state index in [4.69, 9.17) is 30.9 Å². The fourth-order valence-corrected chi connectivity index (χ4v) is 12.3. The van der Waals surface area contributed by atoms with E-state index in [0.29, 0.717) is 27.4 Å². The minimum absolute atomic E-state index is 0.0218. The van der Waals surface area contributed by atoms with Crippen molar-refractivity contribution in [1.82, 2.24) is 15.2 Å². The first-order chi connectivity index (χ1) is 38.0. The van der Waals surface area contributed by atoms with Crippen LogP contribution in [0.1, 0.15) is 70.7 Å². The zero-order valence-electron chi connectivity index (χ0n) is 42.3. The average molecular weight is 1090 g/mol. The van der Waals surface area contributed by atoms with Crippen LogP contribution in [0.5, 0.6) is 0 Å². The van der Waals surface area contributed by atoms with Gasteiger partial charge in [0, 0.05) is 11.0 Å². The lowest BCUT2D eigenvalue weighted by atomic mass is 9.77. The van der Waals surface area contributed by atoms with Gasteiger partial charge in [0.2, 0.25) is 11.0 Å². The first kappa shape index (κ1) is 53.1. The zero-order valence-corrected chi connectivity index (χ0v) is 44.7. The molecule has 1 fully saturated rings. The van der Waals surface area contributed by atoms with Gasteiger partial charge in [0.15, 0.2) is 29.1 Å². The predicted octanol–water partition coefficient (Wildman–Crippen LogP) is 10.6. The van der Waals surface area contributed by atoms with Crippen LogP contribution in [0.2, 0.25) is 0 Å². The predicted molar refractivity (Wildman–Crippen MR) is 302 cm³/mol. The first-order valence-electron chi connectivity index (χ1n) is 25.0. The number of hydrogen-bond acceptors (Lipinski definition) is 12. The molecule has 0 bridgehead atoms. The van der Waals surface area contributed by atoms with Gasteiger partial charge in [-0.3, -0.25) is 14.5 Å². The molecule has 2 amide bonds. The van der Waals surface area contributed by atoms with Gasteiger partial charge in [-0.2, -0.15) is 0 Å². The second-order valence-corrected chi connectivity index (χ2v) is 21.6. The molecule has 2 aliphatic rings. The third kappa shape index (κ3) is 11.0. The molecule has 0 saturated carbocycles. The van der Waals surface area contributed by atoms with E-state index in [9.17, 15) is 23.7 Å². The smallest absolute Gasteiger partial charge is 0.356 e. The van der Waals surface area contributed by atoms with E-state index in [0.717, 1.165) is 21.6 Å². The molecule has 10 rings (SSSR count). The van der Waals surface area contributed by atoms with Crippen molar-refractivity contribution in [2.45, 2.75) is 48.6 Å². The number of fused-ring (bicyclic) bond motifs is 1. The van der Waals surface area contributed by atoms with Gasteiger partial charge in [-0.15, -0.1) is 22.9 Å². The highest BCUT2D eigenvalue weighted by Gasteiger charge is 2.61. The molecule has 7 aromatic carbocycles. The number of benzene rings is 7. The van der Waals surface area contributed by atoms with Crippen LogP contribution in [-0.4, -0.2) is 72.6 Å². The molecule has 1 saturated heterocycles. The standard InChI is InChI=1S/C62H52ClN5O8S2/c1-61(2,59(72)75-54(43-28-14-5-15-29-43)44-30-16-6-17-31-44)76-67-50(49-39-77-60(64-49)66-62(46-32-18-7-19-33-46,47-34-20-8-21-35-47)48-36-22-9-23-37-48)55(69)65-51-56(70)68-52(45(38-63)40-78(73)57(51)68)58(71)74-53(41-24-10-3-11-25-41)42-26-12-4-13-27-42/h3-37,39,51,53-54,57H,38,40H2,1-2H3,(H,64,66)(H,65,69)/t51?,57-,78?/m0/s1. The van der Waals surface area contributed by atoms with Crippen LogP contribution in [0, 0.1) is 0 Å². The summed E-state index contributed by atoms with van der Waals surface area (Å²) in [6.07, 6.45) is -1.68. The molecular formula is C62H52ClN5O8S2. The SMILES string of the molecule is CC(C)(ON=C(C(=O)NC1C(=O)N2C(C(=O)OC(c3ccccc3)c3ccccc3)=C(CCl)C[S+]([O-])[C@@H]12)c1csc(NC(c2ccccc2)(c2ccccc2)c2ccccc2)n1)C(=O)OC(c1ccccc1)c1ccccc1. The summed E-state index contributed by atoms with van der Waals surface area (Å²) in [5.74, 6) is -3.71. The van der Waals surface area contributed by atoms with Crippen molar-refractivity contribution in [3.63, 3.8) is 0 Å². The number of thiazole rings is 1. The zero-order chi connectivity index (χ0) is 54.2. The summed E-state index contributed by atoms with van der Waals surface area (Å²) >= 11 is 5.77. The normalized spacial score (nSPS) is 16.5. The lowest BCUT2D eigenvalue weighted by Gasteiger charge is -2.49. The highest BCUT2D eigenvalue weighted by molar-refractivity contribution is 7.92. The Kier molecular flexibility index (Phi) is 16.0. The Hall–Kier alpha value is -8.34. The molecule has 392 valence electrons. The van der Waals surface area contributed by atoms with E-state index < -0.39 is 75.4 Å². The number of nitrogens with zero attached hydrogens (tertiary/aromatic N) is 3. The molecule has 0 spiro atoms. The van der Waals surface area contributed by atoms with Crippen LogP contribution in [0.15, 0.2) is 234 Å². The van der Waals surface area contributed by atoms with Gasteiger partial charge < -0.3 is 29.5 Å². The highest BCUT2D eigenvalue weighted by Crippen LogP contribution is 2.42. The number of nitrogens with one attached hydrogen (secondary N) is 2. The number of amides is 2. The number of halogens is 1. The number of carbonyl (C=O) groups excluding carboxylic acids is 4. The maximum atomic E-state index is 15.0. The summed E-state index contributed by atoms with van der Waals surface area (Å²) in [4.78, 5) is 70.2. The van der Waals surface area contributed by atoms with Crippen molar-refractivity contribution < 1.29 is 38.0 Å². The summed E-state index contributed by atoms with van der Waals surface area (Å²) in [6.45, 7) is 2.92. The summed E-state index contributed by atoms with van der Waals surface area (Å²) < 4.78 is 26.5. The van der Waals surface area contributed by atoms with Crippen LogP contribution < -0.4 is 10.6 Å². The molecule has 1 aromatic heterocycles. The molecule has 3 heterocycles. The summed E-state index contributed by atoms with van der Waals surface area (Å²) in [5.41, 5.74) is 2.41. The largest absolute Gasteiger partial charge is 0.614 e. The number of aromatic nitrogens is 1. The fraction of sp³-hybridized carbons (Fsp3) is 0.161. The molecule has 2 unspecified atom stereocenters. The molecule has 0 aliphatic carbocycles. The molecule has 16 heteroatoms. The lowest BCUT2D eigenvalue weighted by molar-refractivity contribution is -0.172. The second kappa shape index (κ2) is 23.5. The maximum absolute atomic E-state index is 15.0. The molecule has 3 atom stereocenters. The van der Waals surface area contributed by atoms with Crippen molar-refractivity contribution in [1.29, 1.82) is 0 Å². The maximum Gasteiger partial charge on any atom is 0.356 e. The average Bonchev–Trinajstić information content (AvgIpc) is 4.09. The molecule has 2 N–H and O–H groups in total. The molecule has 13 nitrogen and oxygen atoms in total. The fourth-order valence-electron chi connectivity index (χ4n) is 9.52. The number of hydrogen-bond donors (Lipinski definition) is 2. The number of oxime groups is 1. The molecule has 2 aliphatic heterocycles. The minimum atomic E-state index is -1.84. The van der Waals surface area contributed by atoms with E-state index in [1.165, 1.54) is 25.2 Å². The monoisotopic (exact) mass is 1090 g/mol. The number of ether oxygens (including phenoxy) is 2. The van der Waals surface area contributed by atoms with E-state index in [2.05, 4.69) is 15.8 Å². The Morgan fingerprint density at radius 2 is 1.12 bits per heavy atom. The van der Waals surface area contributed by atoms with Crippen LogP contribution in [0.4, 0.5) is 5.13 Å². The summed E-state index contributed by atoms with van der Waals surface area (Å²) in [6, 6.07) is 65.1. The molecule has 8 aromatic rings. The number of anilines is 1. The topological polar surface area (TPSA) is 172 Å². The van der Waals surface area contributed by atoms with E-state index in [1.54, 1.807) is 5.38 Å². The Labute approximate surface area is 463 Å². The third-order valence-corrected chi connectivity index (χ3v) is 16.2. The number of alkyl halides is 1. The molecule has 78 heavy (non-hydrogen) atoms. The van der Waals surface area contributed by atoms with E-state index in [-0.39, 0.29) is 28.6 Å². The van der Waals surface area contributed by atoms with Gasteiger partial charge in [-0.25, -0.2) is 14.6 Å². The number of carbonyl (C=O) groups is 4. The molecule has 0 radical (unpaired) electrons.